The van der Waals surface area contributed by atoms with Crippen molar-refractivity contribution in [3.63, 3.8) is 0 Å². The molecule has 0 unspecified atom stereocenters. The molecule has 1 aliphatic rings. The topological polar surface area (TPSA) is 110 Å². The molecule has 0 aliphatic carbocycles. The second kappa shape index (κ2) is 3.65. The van der Waals surface area contributed by atoms with E-state index in [9.17, 15) is 0 Å². The van der Waals surface area contributed by atoms with Crippen LogP contribution in [-0.2, 0) is 4.74 Å². The van der Waals surface area contributed by atoms with Crippen molar-refractivity contribution < 1.29 is 30.3 Å². The quantitative estimate of drug-likeness (QED) is 0.268. The van der Waals surface area contributed by atoms with Crippen LogP contribution in [0.2, 0.25) is 0 Å². The zero-order valence-corrected chi connectivity index (χ0v) is 6.24. The van der Waals surface area contributed by atoms with Crippen LogP contribution >= 0.6 is 0 Å². The van der Waals surface area contributed by atoms with Gasteiger partial charge >= 0.3 is 0 Å². The third kappa shape index (κ3) is 1.74. The molecule has 0 aromatic heterocycles. The molecule has 0 radical (unpaired) electrons. The Morgan fingerprint density at radius 3 is 2.00 bits per heavy atom. The summed E-state index contributed by atoms with van der Waals surface area (Å²) in [6.45, 7) is -0.323. The van der Waals surface area contributed by atoms with Crippen molar-refractivity contribution in [3.05, 3.63) is 0 Å². The monoisotopic (exact) mass is 180 g/mol. The minimum atomic E-state index is -1.60. The van der Waals surface area contributed by atoms with Crippen LogP contribution < -0.4 is 0 Å². The summed E-state index contributed by atoms with van der Waals surface area (Å²) in [5.41, 5.74) is 0. The van der Waals surface area contributed by atoms with Crippen LogP contribution in [-0.4, -0.2) is 62.8 Å². The number of aliphatic hydroxyl groups is 5. The summed E-state index contributed by atoms with van der Waals surface area (Å²) in [7, 11) is 0. The molecule has 1 fully saturated rings. The Kier molecular flexibility index (Phi) is 2.99. The highest BCUT2D eigenvalue weighted by atomic mass is 16.6. The normalized spacial score (nSPS) is 50.2. The van der Waals surface area contributed by atoms with Gasteiger partial charge in [-0.25, -0.2) is 0 Å². The van der Waals surface area contributed by atoms with Crippen molar-refractivity contribution in [3.8, 4) is 0 Å². The number of aliphatic hydroxyl groups excluding tert-OH is 5. The molecular formula is C6H12O6. The molecule has 0 aromatic rings. The highest BCUT2D eigenvalue weighted by Crippen LogP contribution is 2.14. The van der Waals surface area contributed by atoms with E-state index in [0.717, 1.165) is 0 Å². The summed E-state index contributed by atoms with van der Waals surface area (Å²) < 4.78 is 4.50. The molecule has 6 heteroatoms. The summed E-state index contributed by atoms with van der Waals surface area (Å²) in [6, 6.07) is 0. The second-order valence-corrected chi connectivity index (χ2v) is 2.76. The van der Waals surface area contributed by atoms with Gasteiger partial charge in [-0.3, -0.25) is 0 Å². The molecule has 0 saturated carbocycles. The van der Waals surface area contributed by atoms with Gasteiger partial charge in [0.15, 0.2) is 6.29 Å². The van der Waals surface area contributed by atoms with E-state index in [0.29, 0.717) is 0 Å². The summed E-state index contributed by atoms with van der Waals surface area (Å²) in [5, 5.41) is 45.1. The molecule has 5 N–H and O–H groups in total. The van der Waals surface area contributed by atoms with E-state index in [-0.39, 0.29) is 6.61 Å². The average molecular weight is 180 g/mol. The lowest BCUT2D eigenvalue weighted by Gasteiger charge is -2.22. The summed E-state index contributed by atoms with van der Waals surface area (Å²) >= 11 is 0. The molecule has 5 atom stereocenters. The molecule has 1 saturated heterocycles. The molecule has 0 amide bonds. The largest absolute Gasteiger partial charge is 0.388 e. The standard InChI is InChI=1S/C6H12O6/c7-2-1-12-6(11)5(10)4(9)3(2)8/h2-11H,1H2/t2-,3+,4-,5+,6+/m0/s1. The average Bonchev–Trinajstić information content (AvgIpc) is 2.14. The van der Waals surface area contributed by atoms with Gasteiger partial charge in [-0.05, 0) is 0 Å². The van der Waals surface area contributed by atoms with E-state index in [2.05, 4.69) is 4.74 Å². The van der Waals surface area contributed by atoms with E-state index < -0.39 is 30.7 Å². The summed E-state index contributed by atoms with van der Waals surface area (Å²) in [4.78, 5) is 0. The molecule has 1 aliphatic heterocycles. The first-order valence-electron chi connectivity index (χ1n) is 3.56. The van der Waals surface area contributed by atoms with Crippen LogP contribution in [0.4, 0.5) is 0 Å². The number of hydrogen-bond acceptors (Lipinski definition) is 6. The lowest BCUT2D eigenvalue weighted by molar-refractivity contribution is -0.181. The molecule has 72 valence electrons. The lowest BCUT2D eigenvalue weighted by Crippen LogP contribution is -2.46. The minimum absolute atomic E-state index is 0.323. The van der Waals surface area contributed by atoms with Crippen molar-refractivity contribution in [2.24, 2.45) is 0 Å². The number of hydrogen-bond donors (Lipinski definition) is 5. The van der Waals surface area contributed by atoms with E-state index in [4.69, 9.17) is 25.5 Å². The molecule has 1 rings (SSSR count). The predicted molar refractivity (Wildman–Crippen MR) is 36.0 cm³/mol. The van der Waals surface area contributed by atoms with Crippen molar-refractivity contribution in [1.82, 2.24) is 0 Å². The Morgan fingerprint density at radius 1 is 0.833 bits per heavy atom. The van der Waals surface area contributed by atoms with Crippen LogP contribution in [0.15, 0.2) is 0 Å². The predicted octanol–water partition coefficient (Wildman–Crippen LogP) is -3.22. The fourth-order valence-corrected chi connectivity index (χ4v) is 0.993. The van der Waals surface area contributed by atoms with Gasteiger partial charge in [0.25, 0.3) is 0 Å². The zero-order chi connectivity index (χ0) is 9.30. The number of rotatable bonds is 0. The first-order valence-corrected chi connectivity index (χ1v) is 3.56. The third-order valence-electron chi connectivity index (χ3n) is 1.82. The van der Waals surface area contributed by atoms with Gasteiger partial charge in [0.05, 0.1) is 6.61 Å². The Hall–Kier alpha value is -0.240. The van der Waals surface area contributed by atoms with Crippen molar-refractivity contribution in [2.75, 3.05) is 6.61 Å². The first-order chi connectivity index (χ1) is 5.54. The van der Waals surface area contributed by atoms with Gasteiger partial charge in [-0.2, -0.15) is 0 Å². The highest BCUT2D eigenvalue weighted by Gasteiger charge is 2.38. The van der Waals surface area contributed by atoms with Gasteiger partial charge in [0.1, 0.15) is 24.4 Å². The number of ether oxygens (including phenoxy) is 1. The molecule has 1 heterocycles. The van der Waals surface area contributed by atoms with Gasteiger partial charge in [0, 0.05) is 0 Å². The molecule has 12 heavy (non-hydrogen) atoms. The molecule has 0 aromatic carbocycles. The third-order valence-corrected chi connectivity index (χ3v) is 1.82. The van der Waals surface area contributed by atoms with Crippen LogP contribution in [0.25, 0.3) is 0 Å². The van der Waals surface area contributed by atoms with Gasteiger partial charge in [-0.15, -0.1) is 0 Å². The minimum Gasteiger partial charge on any atom is -0.388 e. The first kappa shape index (κ1) is 9.85. The molecule has 6 nitrogen and oxygen atoms in total. The van der Waals surface area contributed by atoms with Crippen molar-refractivity contribution in [1.29, 1.82) is 0 Å². The SMILES string of the molecule is O[C@@H]1[C@@H](O)[C@H](O)OC[C@H](O)[C@H]1O. The van der Waals surface area contributed by atoms with Gasteiger partial charge < -0.3 is 30.3 Å². The van der Waals surface area contributed by atoms with Crippen molar-refractivity contribution >= 4 is 0 Å². The Bertz CT molecular complexity index is 135. The Balaban J connectivity index is 2.68. The van der Waals surface area contributed by atoms with E-state index in [1.54, 1.807) is 0 Å². The van der Waals surface area contributed by atoms with Gasteiger partial charge in [-0.1, -0.05) is 0 Å². The lowest BCUT2D eigenvalue weighted by atomic mass is 10.0. The van der Waals surface area contributed by atoms with Crippen LogP contribution in [0.1, 0.15) is 0 Å². The molecule has 0 bridgehead atoms. The van der Waals surface area contributed by atoms with Gasteiger partial charge in [0.2, 0.25) is 0 Å². The fraction of sp³-hybridized carbons (Fsp3) is 1.00. The summed E-state index contributed by atoms with van der Waals surface area (Å²) in [5.74, 6) is 0. The smallest absolute Gasteiger partial charge is 0.183 e. The maximum Gasteiger partial charge on any atom is 0.183 e. The molecular weight excluding hydrogens is 168 g/mol. The zero-order valence-electron chi connectivity index (χ0n) is 6.24. The fourth-order valence-electron chi connectivity index (χ4n) is 0.993. The van der Waals surface area contributed by atoms with Crippen LogP contribution in [0, 0.1) is 0 Å². The highest BCUT2D eigenvalue weighted by molar-refractivity contribution is 4.85. The van der Waals surface area contributed by atoms with Crippen LogP contribution in [0.5, 0.6) is 0 Å². The van der Waals surface area contributed by atoms with E-state index in [1.165, 1.54) is 0 Å². The second-order valence-electron chi connectivity index (χ2n) is 2.76. The summed E-state index contributed by atoms with van der Waals surface area (Å²) in [6.07, 6.45) is -7.58. The Morgan fingerprint density at radius 2 is 1.42 bits per heavy atom. The van der Waals surface area contributed by atoms with Crippen molar-refractivity contribution in [2.45, 2.75) is 30.7 Å². The van der Waals surface area contributed by atoms with E-state index in [1.807, 2.05) is 0 Å². The maximum atomic E-state index is 9.07. The molecule has 0 spiro atoms. The van der Waals surface area contributed by atoms with E-state index >= 15 is 0 Å². The Labute approximate surface area is 68.6 Å². The van der Waals surface area contributed by atoms with Crippen LogP contribution in [0.3, 0.4) is 0 Å². The maximum absolute atomic E-state index is 9.07.